The minimum Gasteiger partial charge on any atom is -0.461 e. The lowest BCUT2D eigenvalue weighted by Crippen LogP contribution is -2.06. The van der Waals surface area contributed by atoms with Crippen molar-refractivity contribution >= 4 is 23.3 Å². The molecule has 0 atom stereocenters. The Labute approximate surface area is 127 Å². The Morgan fingerprint density at radius 2 is 1.90 bits per heavy atom. The van der Waals surface area contributed by atoms with E-state index in [1.54, 1.807) is 12.1 Å². The summed E-state index contributed by atoms with van der Waals surface area (Å²) in [6.45, 7) is 0.0414. The van der Waals surface area contributed by atoms with E-state index in [4.69, 9.17) is 22.1 Å². The molecular weight excluding hydrogens is 293 g/mol. The predicted octanol–water partition coefficient (Wildman–Crippen LogP) is 3.74. The van der Waals surface area contributed by atoms with E-state index in [0.29, 0.717) is 17.7 Å². The van der Waals surface area contributed by atoms with E-state index in [-0.39, 0.29) is 24.0 Å². The van der Waals surface area contributed by atoms with Crippen molar-refractivity contribution in [2.75, 3.05) is 5.73 Å². The van der Waals surface area contributed by atoms with Crippen LogP contribution in [0.2, 0.25) is 5.02 Å². The molecule has 0 aromatic heterocycles. The minimum absolute atomic E-state index is 0.0414. The minimum atomic E-state index is -0.418. The Hall–Kier alpha value is -2.07. The van der Waals surface area contributed by atoms with E-state index in [9.17, 15) is 9.18 Å². The van der Waals surface area contributed by atoms with Crippen LogP contribution in [0.25, 0.3) is 0 Å². The van der Waals surface area contributed by atoms with Gasteiger partial charge in [0.25, 0.3) is 0 Å². The molecule has 5 heteroatoms. The second-order valence-electron chi connectivity index (χ2n) is 4.64. The molecule has 0 aliphatic heterocycles. The van der Waals surface area contributed by atoms with Gasteiger partial charge in [-0.3, -0.25) is 4.79 Å². The molecule has 0 aliphatic rings. The fraction of sp³-hybridized carbons (Fsp3) is 0.188. The number of hydrogen-bond acceptors (Lipinski definition) is 3. The zero-order chi connectivity index (χ0) is 15.2. The summed E-state index contributed by atoms with van der Waals surface area (Å²) in [5.74, 6) is -0.745. The molecular formula is C16H15ClFNO2. The van der Waals surface area contributed by atoms with Crippen LogP contribution in [-0.4, -0.2) is 5.97 Å². The van der Waals surface area contributed by atoms with Crippen molar-refractivity contribution < 1.29 is 13.9 Å². The van der Waals surface area contributed by atoms with E-state index in [1.165, 1.54) is 18.2 Å². The molecule has 3 nitrogen and oxygen atoms in total. The van der Waals surface area contributed by atoms with Gasteiger partial charge >= 0.3 is 5.97 Å². The van der Waals surface area contributed by atoms with Crippen LogP contribution < -0.4 is 5.73 Å². The van der Waals surface area contributed by atoms with Gasteiger partial charge in [0.2, 0.25) is 0 Å². The van der Waals surface area contributed by atoms with Crippen molar-refractivity contribution in [2.24, 2.45) is 0 Å². The molecule has 0 saturated carbocycles. The maximum Gasteiger partial charge on any atom is 0.306 e. The lowest BCUT2D eigenvalue weighted by molar-refractivity contribution is -0.144. The fourth-order valence-corrected chi connectivity index (χ4v) is 2.02. The molecule has 2 N–H and O–H groups in total. The van der Waals surface area contributed by atoms with Crippen LogP contribution >= 0.6 is 11.6 Å². The summed E-state index contributed by atoms with van der Waals surface area (Å²) in [5.41, 5.74) is 7.87. The maximum atomic E-state index is 12.9. The Morgan fingerprint density at radius 3 is 2.57 bits per heavy atom. The van der Waals surface area contributed by atoms with Crippen molar-refractivity contribution in [3.8, 4) is 0 Å². The smallest absolute Gasteiger partial charge is 0.306 e. The first-order valence-electron chi connectivity index (χ1n) is 6.48. The highest BCUT2D eigenvalue weighted by Crippen LogP contribution is 2.18. The second kappa shape index (κ2) is 7.09. The summed E-state index contributed by atoms with van der Waals surface area (Å²) in [7, 11) is 0. The van der Waals surface area contributed by atoms with E-state index >= 15 is 0 Å². The van der Waals surface area contributed by atoms with Crippen LogP contribution in [0.3, 0.4) is 0 Å². The van der Waals surface area contributed by atoms with Crippen molar-refractivity contribution in [3.05, 3.63) is 64.4 Å². The number of nitrogen functional groups attached to an aromatic ring is 1. The van der Waals surface area contributed by atoms with Crippen LogP contribution in [0.15, 0.2) is 42.5 Å². The van der Waals surface area contributed by atoms with Gasteiger partial charge in [0, 0.05) is 17.7 Å². The third kappa shape index (κ3) is 4.76. The quantitative estimate of drug-likeness (QED) is 0.676. The zero-order valence-electron chi connectivity index (χ0n) is 11.3. The van der Waals surface area contributed by atoms with Gasteiger partial charge in [0.15, 0.2) is 0 Å². The van der Waals surface area contributed by atoms with Crippen LogP contribution in [0.4, 0.5) is 10.1 Å². The number of halogens is 2. The molecule has 0 heterocycles. The van der Waals surface area contributed by atoms with Crippen molar-refractivity contribution in [1.29, 1.82) is 0 Å². The van der Waals surface area contributed by atoms with E-state index in [2.05, 4.69) is 0 Å². The standard InChI is InChI=1S/C16H15ClFNO2/c17-15-9-13(18)5-4-12(15)10-21-16(20)8-3-11-1-6-14(19)7-2-11/h1-2,4-7,9H,3,8,10,19H2. The Bertz CT molecular complexity index is 629. The fourth-order valence-electron chi connectivity index (χ4n) is 1.80. The van der Waals surface area contributed by atoms with Gasteiger partial charge in [-0.15, -0.1) is 0 Å². The summed E-state index contributed by atoms with van der Waals surface area (Å²) in [6.07, 6.45) is 0.846. The summed E-state index contributed by atoms with van der Waals surface area (Å²) < 4.78 is 18.0. The first-order chi connectivity index (χ1) is 10.0. The average molecular weight is 308 g/mol. The van der Waals surface area contributed by atoms with Crippen molar-refractivity contribution in [1.82, 2.24) is 0 Å². The van der Waals surface area contributed by atoms with Gasteiger partial charge in [0.1, 0.15) is 12.4 Å². The van der Waals surface area contributed by atoms with Crippen molar-refractivity contribution in [2.45, 2.75) is 19.4 Å². The zero-order valence-corrected chi connectivity index (χ0v) is 12.1. The number of carbonyl (C=O) groups is 1. The molecule has 21 heavy (non-hydrogen) atoms. The van der Waals surface area contributed by atoms with Gasteiger partial charge in [-0.2, -0.15) is 0 Å². The molecule has 2 aromatic carbocycles. The highest BCUT2D eigenvalue weighted by molar-refractivity contribution is 6.31. The first kappa shape index (κ1) is 15.3. The maximum absolute atomic E-state index is 12.9. The van der Waals surface area contributed by atoms with Crippen LogP contribution in [-0.2, 0) is 22.6 Å². The van der Waals surface area contributed by atoms with Crippen LogP contribution in [0.5, 0.6) is 0 Å². The highest BCUT2D eigenvalue weighted by atomic mass is 35.5. The molecule has 0 aliphatic carbocycles. The highest BCUT2D eigenvalue weighted by Gasteiger charge is 2.07. The normalized spacial score (nSPS) is 10.4. The summed E-state index contributed by atoms with van der Waals surface area (Å²) in [5, 5.41) is 0.251. The second-order valence-corrected chi connectivity index (χ2v) is 5.05. The van der Waals surface area contributed by atoms with Crippen LogP contribution in [0.1, 0.15) is 17.5 Å². The lowest BCUT2D eigenvalue weighted by atomic mass is 10.1. The Balaban J connectivity index is 1.80. The third-order valence-electron chi connectivity index (χ3n) is 3.00. The van der Waals surface area contributed by atoms with Crippen LogP contribution in [0, 0.1) is 5.82 Å². The SMILES string of the molecule is Nc1ccc(CCC(=O)OCc2ccc(F)cc2Cl)cc1. The number of nitrogens with two attached hydrogens (primary N) is 1. The molecule has 2 aromatic rings. The van der Waals surface area contributed by atoms with Gasteiger partial charge in [0.05, 0.1) is 5.02 Å². The molecule has 110 valence electrons. The molecule has 0 radical (unpaired) electrons. The summed E-state index contributed by atoms with van der Waals surface area (Å²) in [4.78, 5) is 11.7. The van der Waals surface area contributed by atoms with Gasteiger partial charge in [-0.05, 0) is 36.2 Å². The van der Waals surface area contributed by atoms with E-state index in [1.807, 2.05) is 12.1 Å². The number of ether oxygens (including phenoxy) is 1. The predicted molar refractivity (Wildman–Crippen MR) is 80.4 cm³/mol. The molecule has 2 rings (SSSR count). The largest absolute Gasteiger partial charge is 0.461 e. The number of benzene rings is 2. The third-order valence-corrected chi connectivity index (χ3v) is 3.35. The number of rotatable bonds is 5. The molecule has 0 spiro atoms. The first-order valence-corrected chi connectivity index (χ1v) is 6.86. The van der Waals surface area contributed by atoms with Crippen molar-refractivity contribution in [3.63, 3.8) is 0 Å². The number of aryl methyl sites for hydroxylation is 1. The van der Waals surface area contributed by atoms with Gasteiger partial charge < -0.3 is 10.5 Å². The molecule has 0 saturated heterocycles. The Kier molecular flexibility index (Phi) is 5.17. The summed E-state index contributed by atoms with van der Waals surface area (Å²) >= 11 is 5.86. The number of carbonyl (C=O) groups excluding carboxylic acids is 1. The summed E-state index contributed by atoms with van der Waals surface area (Å²) in [6, 6.07) is 11.3. The van der Waals surface area contributed by atoms with E-state index in [0.717, 1.165) is 5.56 Å². The topological polar surface area (TPSA) is 52.3 Å². The number of esters is 1. The molecule has 0 bridgehead atoms. The van der Waals surface area contributed by atoms with Gasteiger partial charge in [-0.1, -0.05) is 29.8 Å². The molecule has 0 unspecified atom stereocenters. The molecule has 0 amide bonds. The number of anilines is 1. The van der Waals surface area contributed by atoms with E-state index < -0.39 is 5.82 Å². The Morgan fingerprint density at radius 1 is 1.19 bits per heavy atom. The lowest BCUT2D eigenvalue weighted by Gasteiger charge is -2.07. The average Bonchev–Trinajstić information content (AvgIpc) is 2.46. The number of hydrogen-bond donors (Lipinski definition) is 1. The van der Waals surface area contributed by atoms with Gasteiger partial charge in [-0.25, -0.2) is 4.39 Å². The monoisotopic (exact) mass is 307 g/mol. The molecule has 0 fully saturated rings.